The highest BCUT2D eigenvalue weighted by molar-refractivity contribution is 7.93. The Hall–Kier alpha value is -1.60. The summed E-state index contributed by atoms with van der Waals surface area (Å²) in [6.45, 7) is 3.76. The first-order valence-corrected chi connectivity index (χ1v) is 9.16. The number of piperazine rings is 1. The normalized spacial score (nSPS) is 22.0. The maximum Gasteiger partial charge on any atom is 0.253 e. The van der Waals surface area contributed by atoms with Gasteiger partial charge in [0.2, 0.25) is 10.0 Å². The number of carbonyl (C=O) groups is 1. The van der Waals surface area contributed by atoms with Gasteiger partial charge in [0.25, 0.3) is 5.91 Å². The molecule has 3 rings (SSSR count). The molecule has 2 aliphatic heterocycles. The van der Waals surface area contributed by atoms with Crippen LogP contribution in [0.3, 0.4) is 0 Å². The second-order valence-electron chi connectivity index (χ2n) is 5.88. The van der Waals surface area contributed by atoms with Crippen LogP contribution in [0, 0.1) is 0 Å². The molecule has 0 radical (unpaired) electrons. The highest BCUT2D eigenvalue weighted by atomic mass is 32.2. The minimum absolute atomic E-state index is 0.0175. The molecule has 2 saturated heterocycles. The van der Waals surface area contributed by atoms with E-state index in [9.17, 15) is 13.2 Å². The molecule has 0 bridgehead atoms. The molecule has 0 aromatic heterocycles. The smallest absolute Gasteiger partial charge is 0.253 e. The SMILES string of the molecule is CN1CCN(C(=O)c2ccc(N3CCCS3(=O)=O)cc2)CC1. The summed E-state index contributed by atoms with van der Waals surface area (Å²) in [5.74, 6) is 0.221. The largest absolute Gasteiger partial charge is 0.336 e. The molecule has 1 amide bonds. The fourth-order valence-electron chi connectivity index (χ4n) is 2.89. The molecule has 0 N–H and O–H groups in total. The van der Waals surface area contributed by atoms with Crippen LogP contribution in [-0.4, -0.2) is 69.6 Å². The van der Waals surface area contributed by atoms with Crippen molar-refractivity contribution >= 4 is 21.6 Å². The molecule has 0 aliphatic carbocycles. The van der Waals surface area contributed by atoms with E-state index in [1.807, 2.05) is 11.9 Å². The Morgan fingerprint density at radius 2 is 1.64 bits per heavy atom. The summed E-state index contributed by atoms with van der Waals surface area (Å²) in [6, 6.07) is 6.91. The molecule has 1 aromatic rings. The maximum absolute atomic E-state index is 12.4. The fraction of sp³-hybridized carbons (Fsp3) is 0.533. The van der Waals surface area contributed by atoms with E-state index in [4.69, 9.17) is 0 Å². The van der Waals surface area contributed by atoms with Crippen molar-refractivity contribution in [3.63, 3.8) is 0 Å². The van der Waals surface area contributed by atoms with Gasteiger partial charge in [-0.05, 0) is 37.7 Å². The predicted molar refractivity (Wildman–Crippen MR) is 85.6 cm³/mol. The maximum atomic E-state index is 12.4. The van der Waals surface area contributed by atoms with Crippen LogP contribution in [0.5, 0.6) is 0 Å². The van der Waals surface area contributed by atoms with Crippen LogP contribution in [0.2, 0.25) is 0 Å². The van der Waals surface area contributed by atoms with Gasteiger partial charge in [-0.3, -0.25) is 9.10 Å². The van der Waals surface area contributed by atoms with E-state index in [-0.39, 0.29) is 11.7 Å². The van der Waals surface area contributed by atoms with Crippen LogP contribution < -0.4 is 4.31 Å². The molecule has 6 nitrogen and oxygen atoms in total. The van der Waals surface area contributed by atoms with E-state index in [0.717, 1.165) is 26.2 Å². The molecule has 22 heavy (non-hydrogen) atoms. The molecule has 0 atom stereocenters. The predicted octanol–water partition coefficient (Wildman–Crippen LogP) is 0.614. The monoisotopic (exact) mass is 323 g/mol. The van der Waals surface area contributed by atoms with Gasteiger partial charge in [-0.2, -0.15) is 0 Å². The first-order chi connectivity index (χ1) is 10.5. The Kier molecular flexibility index (Phi) is 4.10. The Balaban J connectivity index is 1.73. The van der Waals surface area contributed by atoms with Crippen LogP contribution in [0.1, 0.15) is 16.8 Å². The molecule has 1 aromatic carbocycles. The van der Waals surface area contributed by atoms with Crippen LogP contribution in [0.15, 0.2) is 24.3 Å². The van der Waals surface area contributed by atoms with Crippen molar-refractivity contribution < 1.29 is 13.2 Å². The second-order valence-corrected chi connectivity index (χ2v) is 7.90. The number of benzene rings is 1. The van der Waals surface area contributed by atoms with Gasteiger partial charge in [0.1, 0.15) is 0 Å². The first kappa shape index (κ1) is 15.3. The third kappa shape index (κ3) is 2.96. The lowest BCUT2D eigenvalue weighted by molar-refractivity contribution is 0.0664. The van der Waals surface area contributed by atoms with E-state index in [2.05, 4.69) is 4.90 Å². The van der Waals surface area contributed by atoms with Gasteiger partial charge in [-0.1, -0.05) is 0 Å². The minimum atomic E-state index is -3.17. The van der Waals surface area contributed by atoms with Gasteiger partial charge in [0, 0.05) is 38.3 Å². The first-order valence-electron chi connectivity index (χ1n) is 7.56. The number of hydrogen-bond acceptors (Lipinski definition) is 4. The van der Waals surface area contributed by atoms with Crippen LogP contribution >= 0.6 is 0 Å². The molecule has 120 valence electrons. The second kappa shape index (κ2) is 5.89. The van der Waals surface area contributed by atoms with Gasteiger partial charge in [0.05, 0.1) is 11.4 Å². The fourth-order valence-corrected chi connectivity index (χ4v) is 4.46. The molecule has 2 aliphatic rings. The molecule has 0 saturated carbocycles. The van der Waals surface area contributed by atoms with E-state index < -0.39 is 10.0 Å². The Morgan fingerprint density at radius 1 is 1.00 bits per heavy atom. The highest BCUT2D eigenvalue weighted by Gasteiger charge is 2.28. The van der Waals surface area contributed by atoms with E-state index in [1.54, 1.807) is 24.3 Å². The van der Waals surface area contributed by atoms with E-state index in [1.165, 1.54) is 4.31 Å². The lowest BCUT2D eigenvalue weighted by Crippen LogP contribution is -2.47. The number of anilines is 1. The highest BCUT2D eigenvalue weighted by Crippen LogP contribution is 2.24. The summed E-state index contributed by atoms with van der Waals surface area (Å²) in [4.78, 5) is 16.5. The van der Waals surface area contributed by atoms with Crippen molar-refractivity contribution in [2.45, 2.75) is 6.42 Å². The standard InChI is InChI=1S/C15H21N3O3S/c1-16-8-10-17(11-9-16)15(19)13-3-5-14(6-4-13)18-7-2-12-22(18,20)21/h3-6H,2,7-12H2,1H3. The van der Waals surface area contributed by atoms with Crippen molar-refractivity contribution in [3.8, 4) is 0 Å². The molecular weight excluding hydrogens is 302 g/mol. The summed E-state index contributed by atoms with van der Waals surface area (Å²) in [6.07, 6.45) is 0.657. The number of carbonyl (C=O) groups excluding carboxylic acids is 1. The lowest BCUT2D eigenvalue weighted by Gasteiger charge is -2.32. The number of likely N-dealkylation sites (N-methyl/N-ethyl adjacent to an activating group) is 1. The number of hydrogen-bond donors (Lipinski definition) is 0. The van der Waals surface area contributed by atoms with Crippen LogP contribution in [-0.2, 0) is 10.0 Å². The number of nitrogens with zero attached hydrogens (tertiary/aromatic N) is 3. The quantitative estimate of drug-likeness (QED) is 0.800. The van der Waals surface area contributed by atoms with Gasteiger partial charge in [-0.15, -0.1) is 0 Å². The van der Waals surface area contributed by atoms with Gasteiger partial charge < -0.3 is 9.80 Å². The molecule has 7 heteroatoms. The minimum Gasteiger partial charge on any atom is -0.336 e. The van der Waals surface area contributed by atoms with Crippen LogP contribution in [0.4, 0.5) is 5.69 Å². The number of rotatable bonds is 2. The average molecular weight is 323 g/mol. The van der Waals surface area contributed by atoms with Crippen molar-refractivity contribution in [3.05, 3.63) is 29.8 Å². The Bertz CT molecular complexity index is 649. The number of amides is 1. The van der Waals surface area contributed by atoms with Gasteiger partial charge in [0.15, 0.2) is 0 Å². The molecular formula is C15H21N3O3S. The van der Waals surface area contributed by atoms with E-state index in [0.29, 0.717) is 24.2 Å². The molecule has 0 spiro atoms. The number of sulfonamides is 1. The average Bonchev–Trinajstić information content (AvgIpc) is 2.87. The Morgan fingerprint density at radius 3 is 2.18 bits per heavy atom. The zero-order chi connectivity index (χ0) is 15.7. The lowest BCUT2D eigenvalue weighted by atomic mass is 10.1. The molecule has 2 fully saturated rings. The summed E-state index contributed by atoms with van der Waals surface area (Å²) in [5, 5.41) is 0. The van der Waals surface area contributed by atoms with Crippen molar-refractivity contribution in [1.29, 1.82) is 0 Å². The third-order valence-corrected chi connectivity index (χ3v) is 6.16. The van der Waals surface area contributed by atoms with Crippen LogP contribution in [0.25, 0.3) is 0 Å². The van der Waals surface area contributed by atoms with Gasteiger partial charge >= 0.3 is 0 Å². The molecule has 0 unspecified atom stereocenters. The summed E-state index contributed by atoms with van der Waals surface area (Å²) < 4.78 is 25.2. The summed E-state index contributed by atoms with van der Waals surface area (Å²) >= 11 is 0. The summed E-state index contributed by atoms with van der Waals surface area (Å²) in [5.41, 5.74) is 1.26. The topological polar surface area (TPSA) is 60.9 Å². The zero-order valence-electron chi connectivity index (χ0n) is 12.7. The van der Waals surface area contributed by atoms with Crippen molar-refractivity contribution in [2.75, 3.05) is 49.8 Å². The van der Waals surface area contributed by atoms with Crippen molar-refractivity contribution in [2.24, 2.45) is 0 Å². The molecule has 2 heterocycles. The zero-order valence-corrected chi connectivity index (χ0v) is 13.6. The van der Waals surface area contributed by atoms with E-state index >= 15 is 0 Å². The van der Waals surface area contributed by atoms with Gasteiger partial charge in [-0.25, -0.2) is 8.42 Å². The Labute approximate surface area is 131 Å². The van der Waals surface area contributed by atoms with Crippen molar-refractivity contribution in [1.82, 2.24) is 9.80 Å². The summed E-state index contributed by atoms with van der Waals surface area (Å²) in [7, 11) is -1.12. The third-order valence-electron chi connectivity index (χ3n) is 4.29.